The zero-order valence-corrected chi connectivity index (χ0v) is 15.6. The Morgan fingerprint density at radius 2 is 1.67 bits per heavy atom. The number of nitrogens with zero attached hydrogens (tertiary/aromatic N) is 3. The summed E-state index contributed by atoms with van der Waals surface area (Å²) >= 11 is 0. The number of aryl methyl sites for hydroxylation is 2. The number of halogens is 6. The molecule has 0 saturated carbocycles. The number of rotatable bonds is 3. The summed E-state index contributed by atoms with van der Waals surface area (Å²) in [4.78, 5) is 16.0. The summed E-state index contributed by atoms with van der Waals surface area (Å²) in [6.45, 7) is 3.43. The van der Waals surface area contributed by atoms with Crippen molar-refractivity contribution in [2.45, 2.75) is 26.2 Å². The second-order valence-corrected chi connectivity index (χ2v) is 6.49. The monoisotopic (exact) mass is 428 g/mol. The molecule has 0 saturated heterocycles. The van der Waals surface area contributed by atoms with E-state index in [2.05, 4.69) is 15.4 Å². The van der Waals surface area contributed by atoms with Crippen molar-refractivity contribution in [2.75, 3.05) is 5.32 Å². The number of hydrogen-bond donors (Lipinski definition) is 1. The van der Waals surface area contributed by atoms with Crippen molar-refractivity contribution < 1.29 is 31.1 Å². The van der Waals surface area contributed by atoms with Gasteiger partial charge in [-0.15, -0.1) is 0 Å². The first-order valence-electron chi connectivity index (χ1n) is 8.45. The second kappa shape index (κ2) is 7.47. The zero-order valence-electron chi connectivity index (χ0n) is 15.6. The van der Waals surface area contributed by atoms with Crippen LogP contribution in [-0.2, 0) is 12.4 Å². The Bertz CT molecular complexity index is 1080. The molecule has 0 aliphatic rings. The van der Waals surface area contributed by atoms with Gasteiger partial charge in [-0.2, -0.15) is 31.4 Å². The van der Waals surface area contributed by atoms with Gasteiger partial charge in [-0.05, 0) is 43.2 Å². The number of anilines is 1. The van der Waals surface area contributed by atoms with Crippen molar-refractivity contribution in [1.29, 1.82) is 0 Å². The zero-order chi connectivity index (χ0) is 22.3. The van der Waals surface area contributed by atoms with E-state index < -0.39 is 40.9 Å². The van der Waals surface area contributed by atoms with Crippen LogP contribution in [0.15, 0.2) is 42.7 Å². The number of benzene rings is 1. The van der Waals surface area contributed by atoms with Crippen LogP contribution >= 0.6 is 0 Å². The highest BCUT2D eigenvalue weighted by Crippen LogP contribution is 2.34. The first-order chi connectivity index (χ1) is 13.9. The van der Waals surface area contributed by atoms with Crippen LogP contribution in [-0.4, -0.2) is 20.7 Å². The molecular formula is C19H14F6N4O. The highest BCUT2D eigenvalue weighted by molar-refractivity contribution is 6.05. The van der Waals surface area contributed by atoms with Gasteiger partial charge in [0, 0.05) is 11.9 Å². The maximum atomic E-state index is 13.7. The second-order valence-electron chi connectivity index (χ2n) is 6.49. The molecule has 0 aliphatic heterocycles. The third-order valence-electron chi connectivity index (χ3n) is 4.22. The van der Waals surface area contributed by atoms with Crippen LogP contribution in [0.4, 0.5) is 32.0 Å². The van der Waals surface area contributed by atoms with E-state index in [1.807, 2.05) is 0 Å². The number of nitrogens with one attached hydrogen (secondary N) is 1. The summed E-state index contributed by atoms with van der Waals surface area (Å²) in [5, 5.41) is 5.95. The van der Waals surface area contributed by atoms with E-state index in [9.17, 15) is 31.1 Å². The molecule has 158 valence electrons. The van der Waals surface area contributed by atoms with Gasteiger partial charge >= 0.3 is 12.4 Å². The summed E-state index contributed by atoms with van der Waals surface area (Å²) in [5.74, 6) is -1.57. The highest BCUT2D eigenvalue weighted by atomic mass is 19.4. The summed E-state index contributed by atoms with van der Waals surface area (Å²) < 4.78 is 79.4. The molecule has 0 radical (unpaired) electrons. The van der Waals surface area contributed by atoms with Crippen molar-refractivity contribution >= 4 is 11.6 Å². The van der Waals surface area contributed by atoms with E-state index in [-0.39, 0.29) is 4.68 Å². The Labute approximate surface area is 166 Å². The number of pyridine rings is 1. The Kier molecular flexibility index (Phi) is 5.31. The standard InChI is InChI=1S/C19H14F6N4O/c1-10-3-4-11(2)14(7-10)28-17(30)13-9-27-29(16(13)19(23,24)25)15-6-5-12(8-26-15)18(20,21)22/h3-9H,1-2H3,(H,28,30). The topological polar surface area (TPSA) is 59.8 Å². The smallest absolute Gasteiger partial charge is 0.322 e. The quantitative estimate of drug-likeness (QED) is 0.586. The lowest BCUT2D eigenvalue weighted by atomic mass is 10.1. The predicted octanol–water partition coefficient (Wildman–Crippen LogP) is 5.17. The normalized spacial score (nSPS) is 12.1. The van der Waals surface area contributed by atoms with E-state index in [0.29, 0.717) is 29.7 Å². The molecular weight excluding hydrogens is 414 g/mol. The minimum absolute atomic E-state index is 0.290. The summed E-state index contributed by atoms with van der Waals surface area (Å²) in [7, 11) is 0. The highest BCUT2D eigenvalue weighted by Gasteiger charge is 2.41. The van der Waals surface area contributed by atoms with Crippen LogP contribution in [0.1, 0.15) is 32.7 Å². The van der Waals surface area contributed by atoms with Crippen LogP contribution < -0.4 is 5.32 Å². The molecule has 0 aliphatic carbocycles. The van der Waals surface area contributed by atoms with E-state index in [0.717, 1.165) is 11.6 Å². The Hall–Kier alpha value is -3.37. The minimum Gasteiger partial charge on any atom is -0.322 e. The van der Waals surface area contributed by atoms with Gasteiger partial charge in [0.05, 0.1) is 17.3 Å². The van der Waals surface area contributed by atoms with Gasteiger partial charge in [0.25, 0.3) is 5.91 Å². The van der Waals surface area contributed by atoms with Crippen molar-refractivity contribution in [2.24, 2.45) is 0 Å². The van der Waals surface area contributed by atoms with Gasteiger partial charge in [-0.3, -0.25) is 4.79 Å². The SMILES string of the molecule is Cc1ccc(C)c(NC(=O)c2cnn(-c3ccc(C(F)(F)F)cn3)c2C(F)(F)F)c1. The van der Waals surface area contributed by atoms with E-state index in [1.165, 1.54) is 0 Å². The third kappa shape index (κ3) is 4.29. The predicted molar refractivity (Wildman–Crippen MR) is 95.2 cm³/mol. The lowest BCUT2D eigenvalue weighted by Gasteiger charge is -2.14. The van der Waals surface area contributed by atoms with E-state index in [4.69, 9.17) is 0 Å². The van der Waals surface area contributed by atoms with Crippen LogP contribution in [0.25, 0.3) is 5.82 Å². The lowest BCUT2D eigenvalue weighted by molar-refractivity contribution is -0.143. The number of carbonyl (C=O) groups is 1. The van der Waals surface area contributed by atoms with Crippen molar-refractivity contribution in [1.82, 2.24) is 14.8 Å². The lowest BCUT2D eigenvalue weighted by Crippen LogP contribution is -2.21. The van der Waals surface area contributed by atoms with Gasteiger partial charge in [0.1, 0.15) is 0 Å². The minimum atomic E-state index is -5.02. The maximum Gasteiger partial charge on any atom is 0.434 e. The number of alkyl halides is 6. The molecule has 5 nitrogen and oxygen atoms in total. The van der Waals surface area contributed by atoms with Gasteiger partial charge < -0.3 is 5.32 Å². The number of carbonyl (C=O) groups excluding carboxylic acids is 1. The molecule has 1 N–H and O–H groups in total. The molecule has 0 atom stereocenters. The third-order valence-corrected chi connectivity index (χ3v) is 4.22. The van der Waals surface area contributed by atoms with Crippen molar-refractivity contribution in [3.63, 3.8) is 0 Å². The largest absolute Gasteiger partial charge is 0.434 e. The van der Waals surface area contributed by atoms with Crippen molar-refractivity contribution in [3.8, 4) is 5.82 Å². The van der Waals surface area contributed by atoms with E-state index >= 15 is 0 Å². The van der Waals surface area contributed by atoms with Gasteiger partial charge in [-0.25, -0.2) is 9.67 Å². The van der Waals surface area contributed by atoms with Gasteiger partial charge in [0.2, 0.25) is 0 Å². The molecule has 3 rings (SSSR count). The molecule has 2 heterocycles. The fourth-order valence-electron chi connectivity index (χ4n) is 2.70. The van der Waals surface area contributed by atoms with Crippen LogP contribution in [0.5, 0.6) is 0 Å². The number of hydrogen-bond acceptors (Lipinski definition) is 3. The fraction of sp³-hybridized carbons (Fsp3) is 0.211. The number of amides is 1. The number of aromatic nitrogens is 3. The fourth-order valence-corrected chi connectivity index (χ4v) is 2.70. The van der Waals surface area contributed by atoms with Gasteiger partial charge in [-0.1, -0.05) is 12.1 Å². The van der Waals surface area contributed by atoms with Crippen LogP contribution in [0, 0.1) is 13.8 Å². The van der Waals surface area contributed by atoms with E-state index in [1.54, 1.807) is 32.0 Å². The molecule has 3 aromatic rings. The molecule has 11 heteroatoms. The summed E-state index contributed by atoms with van der Waals surface area (Å²) in [5.41, 5.74) is -1.60. The molecule has 0 bridgehead atoms. The first kappa shape index (κ1) is 21.3. The average Bonchev–Trinajstić information content (AvgIpc) is 3.10. The molecule has 1 aromatic carbocycles. The molecule has 2 aromatic heterocycles. The first-order valence-corrected chi connectivity index (χ1v) is 8.45. The Balaban J connectivity index is 2.02. The van der Waals surface area contributed by atoms with Crippen LogP contribution in [0.2, 0.25) is 0 Å². The molecule has 0 spiro atoms. The average molecular weight is 428 g/mol. The molecule has 1 amide bonds. The molecule has 0 unspecified atom stereocenters. The van der Waals surface area contributed by atoms with Crippen LogP contribution in [0.3, 0.4) is 0 Å². The summed E-state index contributed by atoms with van der Waals surface area (Å²) in [6.07, 6.45) is -8.62. The van der Waals surface area contributed by atoms with Crippen molar-refractivity contribution in [3.05, 3.63) is 70.7 Å². The molecule has 30 heavy (non-hydrogen) atoms. The summed E-state index contributed by atoms with van der Waals surface area (Å²) in [6, 6.07) is 6.41. The molecule has 0 fully saturated rings. The Morgan fingerprint density at radius 3 is 2.23 bits per heavy atom. The Morgan fingerprint density at radius 1 is 0.967 bits per heavy atom. The maximum absolute atomic E-state index is 13.7. The van der Waals surface area contributed by atoms with Gasteiger partial charge in [0.15, 0.2) is 11.5 Å².